The maximum absolute atomic E-state index is 12.1. The Balaban J connectivity index is 1.63. The van der Waals surface area contributed by atoms with Crippen LogP contribution in [0.25, 0.3) is 0 Å². The Morgan fingerprint density at radius 2 is 1.92 bits per heavy atom. The Morgan fingerprint density at radius 3 is 2.60 bits per heavy atom. The lowest BCUT2D eigenvalue weighted by Gasteiger charge is -2.21. The van der Waals surface area contributed by atoms with E-state index in [2.05, 4.69) is 15.5 Å². The molecule has 2 N–H and O–H groups in total. The third kappa shape index (κ3) is 7.56. The van der Waals surface area contributed by atoms with Crippen LogP contribution in [0.2, 0.25) is 0 Å². The van der Waals surface area contributed by atoms with E-state index in [0.29, 0.717) is 25.6 Å². The molecule has 1 aromatic rings. The quantitative estimate of drug-likeness (QED) is 0.827. The van der Waals surface area contributed by atoms with Gasteiger partial charge in [-0.1, -0.05) is 30.3 Å². The monoisotopic (exact) mass is 347 g/mol. The van der Waals surface area contributed by atoms with E-state index in [9.17, 15) is 9.59 Å². The van der Waals surface area contributed by atoms with Gasteiger partial charge >= 0.3 is 6.09 Å². The van der Waals surface area contributed by atoms with Crippen molar-refractivity contribution in [2.75, 3.05) is 26.2 Å². The van der Waals surface area contributed by atoms with Crippen molar-refractivity contribution in [3.05, 3.63) is 35.9 Å². The van der Waals surface area contributed by atoms with Gasteiger partial charge in [0.15, 0.2) is 0 Å². The first-order chi connectivity index (χ1) is 11.8. The van der Waals surface area contributed by atoms with Gasteiger partial charge in [0.25, 0.3) is 0 Å². The smallest absolute Gasteiger partial charge is 0.407 e. The number of nitrogens with zero attached hydrogens (tertiary/aromatic N) is 1. The third-order valence-corrected chi connectivity index (χ3v) is 4.00. The van der Waals surface area contributed by atoms with E-state index in [1.165, 1.54) is 0 Å². The zero-order chi connectivity index (χ0) is 18.3. The van der Waals surface area contributed by atoms with Crippen LogP contribution in [0.5, 0.6) is 0 Å². The van der Waals surface area contributed by atoms with Gasteiger partial charge < -0.3 is 15.4 Å². The fourth-order valence-corrected chi connectivity index (χ4v) is 2.82. The second-order valence-electron chi connectivity index (χ2n) is 7.53. The van der Waals surface area contributed by atoms with E-state index in [-0.39, 0.29) is 12.0 Å². The average Bonchev–Trinajstić information content (AvgIpc) is 2.98. The Morgan fingerprint density at radius 1 is 1.20 bits per heavy atom. The first-order valence-corrected chi connectivity index (χ1v) is 8.81. The zero-order valence-corrected chi connectivity index (χ0v) is 15.4. The summed E-state index contributed by atoms with van der Waals surface area (Å²) < 4.78 is 5.24. The standard InChI is InChI=1S/C19H29N3O3/c1-19(2,3)25-18(24)21-12-16-9-10-22(13-16)14-17(23)20-11-15-7-5-4-6-8-15/h4-8,16H,9-14H2,1-3H3,(H,20,23)(H,21,24)/t16-/m1/s1. The number of likely N-dealkylation sites (tertiary alicyclic amines) is 1. The summed E-state index contributed by atoms with van der Waals surface area (Å²) in [5.41, 5.74) is 0.611. The summed E-state index contributed by atoms with van der Waals surface area (Å²) in [6.45, 7) is 8.76. The molecule has 2 amide bonds. The number of rotatable bonds is 6. The van der Waals surface area contributed by atoms with Gasteiger partial charge in [-0.2, -0.15) is 0 Å². The lowest BCUT2D eigenvalue weighted by molar-refractivity contribution is -0.122. The van der Waals surface area contributed by atoms with Crippen LogP contribution in [-0.4, -0.2) is 48.7 Å². The van der Waals surface area contributed by atoms with Crippen LogP contribution in [0.15, 0.2) is 30.3 Å². The number of benzene rings is 1. The van der Waals surface area contributed by atoms with Crippen molar-refractivity contribution < 1.29 is 14.3 Å². The van der Waals surface area contributed by atoms with Crippen LogP contribution >= 0.6 is 0 Å². The predicted octanol–water partition coefficient (Wildman–Crippen LogP) is 2.15. The molecule has 25 heavy (non-hydrogen) atoms. The number of nitrogens with one attached hydrogen (secondary N) is 2. The second kappa shape index (κ2) is 8.85. The Labute approximate surface area is 149 Å². The largest absolute Gasteiger partial charge is 0.444 e. The van der Waals surface area contributed by atoms with E-state index in [1.807, 2.05) is 51.1 Å². The highest BCUT2D eigenvalue weighted by atomic mass is 16.6. The SMILES string of the molecule is CC(C)(C)OC(=O)NC[C@H]1CCN(CC(=O)NCc2ccccc2)C1. The van der Waals surface area contributed by atoms with Gasteiger partial charge in [0.05, 0.1) is 6.54 Å². The third-order valence-electron chi connectivity index (χ3n) is 4.00. The van der Waals surface area contributed by atoms with E-state index < -0.39 is 5.60 Å². The molecule has 0 radical (unpaired) electrons. The lowest BCUT2D eigenvalue weighted by atomic mass is 10.1. The van der Waals surface area contributed by atoms with Crippen LogP contribution in [0.4, 0.5) is 4.79 Å². The van der Waals surface area contributed by atoms with Crippen molar-refractivity contribution in [1.29, 1.82) is 0 Å². The molecule has 1 heterocycles. The summed E-state index contributed by atoms with van der Waals surface area (Å²) in [6, 6.07) is 9.87. The zero-order valence-electron chi connectivity index (χ0n) is 15.4. The van der Waals surface area contributed by atoms with Gasteiger partial charge in [0.2, 0.25) is 5.91 Å². The van der Waals surface area contributed by atoms with E-state index in [0.717, 1.165) is 25.1 Å². The van der Waals surface area contributed by atoms with Crippen molar-refractivity contribution in [3.8, 4) is 0 Å². The van der Waals surface area contributed by atoms with Crippen molar-refractivity contribution in [2.24, 2.45) is 5.92 Å². The highest BCUT2D eigenvalue weighted by Crippen LogP contribution is 2.15. The minimum absolute atomic E-state index is 0.0320. The second-order valence-corrected chi connectivity index (χ2v) is 7.53. The number of hydrogen-bond acceptors (Lipinski definition) is 4. The molecule has 1 atom stereocenters. The number of carbonyl (C=O) groups is 2. The summed E-state index contributed by atoms with van der Waals surface area (Å²) in [5.74, 6) is 0.388. The van der Waals surface area contributed by atoms with Gasteiger partial charge in [0.1, 0.15) is 5.60 Å². The molecule has 1 fully saturated rings. The minimum Gasteiger partial charge on any atom is -0.444 e. The number of ether oxygens (including phenoxy) is 1. The van der Waals surface area contributed by atoms with E-state index in [4.69, 9.17) is 4.74 Å². The first-order valence-electron chi connectivity index (χ1n) is 8.81. The topological polar surface area (TPSA) is 70.7 Å². The van der Waals surface area contributed by atoms with Crippen LogP contribution in [0.3, 0.4) is 0 Å². The van der Waals surface area contributed by atoms with Gasteiger partial charge in [0, 0.05) is 19.6 Å². The number of alkyl carbamates (subject to hydrolysis) is 1. The molecule has 138 valence electrons. The molecule has 6 nitrogen and oxygen atoms in total. The van der Waals surface area contributed by atoms with E-state index in [1.54, 1.807) is 0 Å². The number of amides is 2. The van der Waals surface area contributed by atoms with Gasteiger partial charge in [-0.25, -0.2) is 4.79 Å². The molecule has 0 spiro atoms. The summed E-state index contributed by atoms with van der Waals surface area (Å²) >= 11 is 0. The molecule has 0 aliphatic carbocycles. The van der Waals surface area contributed by atoms with Crippen molar-refractivity contribution in [3.63, 3.8) is 0 Å². The molecule has 2 rings (SSSR count). The van der Waals surface area contributed by atoms with Crippen LogP contribution in [0.1, 0.15) is 32.8 Å². The maximum Gasteiger partial charge on any atom is 0.407 e. The fraction of sp³-hybridized carbons (Fsp3) is 0.579. The summed E-state index contributed by atoms with van der Waals surface area (Å²) in [5, 5.41) is 5.76. The average molecular weight is 347 g/mol. The summed E-state index contributed by atoms with van der Waals surface area (Å²) in [6.07, 6.45) is 0.591. The van der Waals surface area contributed by atoms with Crippen molar-refractivity contribution in [2.45, 2.75) is 39.3 Å². The number of hydrogen-bond donors (Lipinski definition) is 2. The molecule has 0 aromatic heterocycles. The molecule has 0 bridgehead atoms. The minimum atomic E-state index is -0.483. The van der Waals surface area contributed by atoms with Gasteiger partial charge in [-0.3, -0.25) is 9.69 Å². The lowest BCUT2D eigenvalue weighted by Crippen LogP contribution is -2.38. The van der Waals surface area contributed by atoms with Crippen LogP contribution < -0.4 is 10.6 Å². The van der Waals surface area contributed by atoms with Crippen molar-refractivity contribution >= 4 is 12.0 Å². The molecule has 1 aliphatic rings. The van der Waals surface area contributed by atoms with Crippen LogP contribution in [-0.2, 0) is 16.1 Å². The predicted molar refractivity (Wildman–Crippen MR) is 97.1 cm³/mol. The van der Waals surface area contributed by atoms with Gasteiger partial charge in [-0.15, -0.1) is 0 Å². The molecule has 0 unspecified atom stereocenters. The fourth-order valence-electron chi connectivity index (χ4n) is 2.82. The molecule has 0 saturated carbocycles. The Bertz CT molecular complexity index is 569. The van der Waals surface area contributed by atoms with Crippen LogP contribution in [0, 0.1) is 5.92 Å². The Kier molecular flexibility index (Phi) is 6.82. The maximum atomic E-state index is 12.1. The van der Waals surface area contributed by atoms with Gasteiger partial charge in [-0.05, 0) is 45.2 Å². The summed E-state index contributed by atoms with van der Waals surface area (Å²) in [4.78, 5) is 25.9. The first kappa shape index (κ1) is 19.2. The highest BCUT2D eigenvalue weighted by Gasteiger charge is 2.25. The highest BCUT2D eigenvalue weighted by molar-refractivity contribution is 5.78. The Hall–Kier alpha value is -2.08. The molecule has 6 heteroatoms. The number of carbonyl (C=O) groups excluding carboxylic acids is 2. The molecule has 1 saturated heterocycles. The van der Waals surface area contributed by atoms with Crippen molar-refractivity contribution in [1.82, 2.24) is 15.5 Å². The normalized spacial score (nSPS) is 18.0. The van der Waals surface area contributed by atoms with E-state index >= 15 is 0 Å². The summed E-state index contributed by atoms with van der Waals surface area (Å²) in [7, 11) is 0. The molecule has 1 aliphatic heterocycles. The molecular weight excluding hydrogens is 318 g/mol. The molecular formula is C19H29N3O3. The molecule has 1 aromatic carbocycles.